The van der Waals surface area contributed by atoms with Crippen molar-refractivity contribution >= 4 is 50.6 Å². The predicted octanol–water partition coefficient (Wildman–Crippen LogP) is 4.49. The standard InChI is InChI=1S/C17H11ClFNO3S/c18-10-4-6-11(7-5-10)20-16(21)9-23-17(22)15-8-12-13(19)2-1-3-14(12)24-15/h1-8H,9H2,(H,20,21). The van der Waals surface area contributed by atoms with Gasteiger partial charge in [-0.1, -0.05) is 17.7 Å². The fourth-order valence-electron chi connectivity index (χ4n) is 2.06. The lowest BCUT2D eigenvalue weighted by Crippen LogP contribution is -2.20. The van der Waals surface area contributed by atoms with Crippen molar-refractivity contribution in [2.24, 2.45) is 0 Å². The lowest BCUT2D eigenvalue weighted by atomic mass is 10.2. The SMILES string of the molecule is O=C(COC(=O)c1cc2c(F)cccc2s1)Nc1ccc(Cl)cc1. The Bertz CT molecular complexity index is 908. The van der Waals surface area contributed by atoms with Crippen LogP contribution in [0.1, 0.15) is 9.67 Å². The third-order valence-corrected chi connectivity index (χ3v) is 4.50. The van der Waals surface area contributed by atoms with Gasteiger partial charge in [-0.25, -0.2) is 9.18 Å². The summed E-state index contributed by atoms with van der Waals surface area (Å²) in [5, 5.41) is 3.49. The van der Waals surface area contributed by atoms with Gasteiger partial charge in [-0.15, -0.1) is 11.3 Å². The van der Waals surface area contributed by atoms with Crippen LogP contribution in [0.3, 0.4) is 0 Å². The van der Waals surface area contributed by atoms with Crippen LogP contribution in [0.2, 0.25) is 5.02 Å². The molecule has 122 valence electrons. The van der Waals surface area contributed by atoms with E-state index in [-0.39, 0.29) is 4.88 Å². The number of nitrogens with one attached hydrogen (secondary N) is 1. The first-order valence-electron chi connectivity index (χ1n) is 6.93. The van der Waals surface area contributed by atoms with E-state index < -0.39 is 24.3 Å². The maximum Gasteiger partial charge on any atom is 0.348 e. The molecule has 2 aromatic carbocycles. The molecule has 24 heavy (non-hydrogen) atoms. The molecule has 7 heteroatoms. The van der Waals surface area contributed by atoms with E-state index in [1.54, 1.807) is 36.4 Å². The normalized spacial score (nSPS) is 10.6. The van der Waals surface area contributed by atoms with Crippen LogP contribution in [-0.4, -0.2) is 18.5 Å². The van der Waals surface area contributed by atoms with Gasteiger partial charge in [-0.05, 0) is 42.5 Å². The molecule has 1 amide bonds. The highest BCUT2D eigenvalue weighted by molar-refractivity contribution is 7.20. The van der Waals surface area contributed by atoms with Gasteiger partial charge in [0.25, 0.3) is 5.91 Å². The average Bonchev–Trinajstić information content (AvgIpc) is 3.00. The van der Waals surface area contributed by atoms with Gasteiger partial charge in [0.1, 0.15) is 10.7 Å². The highest BCUT2D eigenvalue weighted by Crippen LogP contribution is 2.28. The molecule has 4 nitrogen and oxygen atoms in total. The largest absolute Gasteiger partial charge is 0.451 e. The van der Waals surface area contributed by atoms with Crippen LogP contribution >= 0.6 is 22.9 Å². The van der Waals surface area contributed by atoms with E-state index in [1.807, 2.05) is 0 Å². The molecule has 0 aliphatic carbocycles. The monoisotopic (exact) mass is 363 g/mol. The number of esters is 1. The van der Waals surface area contributed by atoms with E-state index in [4.69, 9.17) is 16.3 Å². The van der Waals surface area contributed by atoms with E-state index in [0.29, 0.717) is 20.8 Å². The van der Waals surface area contributed by atoms with Crippen LogP contribution in [0.15, 0.2) is 48.5 Å². The Hall–Kier alpha value is -2.44. The zero-order chi connectivity index (χ0) is 17.1. The number of thiophene rings is 1. The second-order valence-electron chi connectivity index (χ2n) is 4.89. The van der Waals surface area contributed by atoms with Gasteiger partial charge in [-0.2, -0.15) is 0 Å². The molecule has 1 N–H and O–H groups in total. The van der Waals surface area contributed by atoms with Crippen molar-refractivity contribution in [2.75, 3.05) is 11.9 Å². The van der Waals surface area contributed by atoms with Crippen LogP contribution in [0.4, 0.5) is 10.1 Å². The summed E-state index contributed by atoms with van der Waals surface area (Å²) in [6.45, 7) is -0.432. The minimum atomic E-state index is -0.665. The van der Waals surface area contributed by atoms with Crippen molar-refractivity contribution in [1.29, 1.82) is 0 Å². The molecule has 0 saturated carbocycles. The first-order valence-corrected chi connectivity index (χ1v) is 8.13. The van der Waals surface area contributed by atoms with Crippen molar-refractivity contribution < 1.29 is 18.7 Å². The van der Waals surface area contributed by atoms with E-state index >= 15 is 0 Å². The molecule has 0 atom stereocenters. The van der Waals surface area contributed by atoms with Crippen molar-refractivity contribution in [3.63, 3.8) is 0 Å². The third-order valence-electron chi connectivity index (χ3n) is 3.17. The van der Waals surface area contributed by atoms with E-state index in [2.05, 4.69) is 5.32 Å². The molecule has 0 fully saturated rings. The molecule has 0 saturated heterocycles. The molecule has 0 unspecified atom stereocenters. The minimum Gasteiger partial charge on any atom is -0.451 e. The number of anilines is 1. The van der Waals surface area contributed by atoms with Gasteiger partial charge in [0.15, 0.2) is 6.61 Å². The summed E-state index contributed by atoms with van der Waals surface area (Å²) >= 11 is 6.87. The molecule has 3 aromatic rings. The zero-order valence-electron chi connectivity index (χ0n) is 12.2. The number of benzene rings is 2. The van der Waals surface area contributed by atoms with Gasteiger partial charge in [0.2, 0.25) is 0 Å². The molecule has 0 aliphatic heterocycles. The second kappa shape index (κ2) is 6.98. The van der Waals surface area contributed by atoms with Crippen molar-refractivity contribution in [3.8, 4) is 0 Å². The lowest BCUT2D eigenvalue weighted by Gasteiger charge is -2.05. The van der Waals surface area contributed by atoms with E-state index in [9.17, 15) is 14.0 Å². The van der Waals surface area contributed by atoms with Crippen molar-refractivity contribution in [3.05, 3.63) is 64.2 Å². The molecule has 1 heterocycles. The topological polar surface area (TPSA) is 55.4 Å². The van der Waals surface area contributed by atoms with Gasteiger partial charge < -0.3 is 10.1 Å². The molecule has 0 radical (unpaired) electrons. The second-order valence-corrected chi connectivity index (χ2v) is 6.41. The summed E-state index contributed by atoms with van der Waals surface area (Å²) in [4.78, 5) is 24.0. The summed E-state index contributed by atoms with van der Waals surface area (Å²) in [7, 11) is 0. The number of rotatable bonds is 4. The molecular formula is C17H11ClFNO3S. The number of ether oxygens (including phenoxy) is 1. The Kier molecular flexibility index (Phi) is 4.78. The number of hydrogen-bond donors (Lipinski definition) is 1. The van der Waals surface area contributed by atoms with Gasteiger partial charge in [0, 0.05) is 20.8 Å². The van der Waals surface area contributed by atoms with Crippen LogP contribution in [0.25, 0.3) is 10.1 Å². The van der Waals surface area contributed by atoms with Crippen molar-refractivity contribution in [2.45, 2.75) is 0 Å². The summed E-state index contributed by atoms with van der Waals surface area (Å²) in [6.07, 6.45) is 0. The van der Waals surface area contributed by atoms with Crippen LogP contribution < -0.4 is 5.32 Å². The maximum absolute atomic E-state index is 13.6. The van der Waals surface area contributed by atoms with Crippen molar-refractivity contribution in [1.82, 2.24) is 0 Å². The number of fused-ring (bicyclic) bond motifs is 1. The number of amides is 1. The van der Waals surface area contributed by atoms with Gasteiger partial charge in [0.05, 0.1) is 0 Å². The highest BCUT2D eigenvalue weighted by Gasteiger charge is 2.15. The zero-order valence-corrected chi connectivity index (χ0v) is 13.8. The van der Waals surface area contributed by atoms with Crippen LogP contribution in [0, 0.1) is 5.82 Å². The third kappa shape index (κ3) is 3.72. The number of hydrogen-bond acceptors (Lipinski definition) is 4. The van der Waals surface area contributed by atoms with Gasteiger partial charge >= 0.3 is 5.97 Å². The molecule has 0 spiro atoms. The Morgan fingerprint density at radius 1 is 1.17 bits per heavy atom. The first kappa shape index (κ1) is 16.4. The number of halogens is 2. The minimum absolute atomic E-state index is 0.245. The Balaban J connectivity index is 1.60. The Labute approximate surface area is 145 Å². The Morgan fingerprint density at radius 3 is 2.62 bits per heavy atom. The molecule has 3 rings (SSSR count). The first-order chi connectivity index (χ1) is 11.5. The molecule has 0 bridgehead atoms. The molecule has 1 aromatic heterocycles. The highest BCUT2D eigenvalue weighted by atomic mass is 35.5. The summed E-state index contributed by atoms with van der Waals surface area (Å²) < 4.78 is 19.2. The quantitative estimate of drug-likeness (QED) is 0.695. The number of carbonyl (C=O) groups excluding carboxylic acids is 2. The number of carbonyl (C=O) groups is 2. The fraction of sp³-hybridized carbons (Fsp3) is 0.0588. The average molecular weight is 364 g/mol. The van der Waals surface area contributed by atoms with E-state index in [1.165, 1.54) is 12.1 Å². The molecular weight excluding hydrogens is 353 g/mol. The summed E-state index contributed by atoms with van der Waals surface area (Å²) in [6, 6.07) is 12.6. The fourth-order valence-corrected chi connectivity index (χ4v) is 3.15. The van der Waals surface area contributed by atoms with Crippen LogP contribution in [-0.2, 0) is 9.53 Å². The lowest BCUT2D eigenvalue weighted by molar-refractivity contribution is -0.119. The summed E-state index contributed by atoms with van der Waals surface area (Å²) in [5.74, 6) is -1.54. The smallest absolute Gasteiger partial charge is 0.348 e. The Morgan fingerprint density at radius 2 is 1.92 bits per heavy atom. The maximum atomic E-state index is 13.6. The van der Waals surface area contributed by atoms with Gasteiger partial charge in [-0.3, -0.25) is 4.79 Å². The van der Waals surface area contributed by atoms with E-state index in [0.717, 1.165) is 11.3 Å². The molecule has 0 aliphatic rings. The van der Waals surface area contributed by atoms with Crippen LogP contribution in [0.5, 0.6) is 0 Å². The predicted molar refractivity (Wildman–Crippen MR) is 92.1 cm³/mol. The summed E-state index contributed by atoms with van der Waals surface area (Å²) in [5.41, 5.74) is 0.546.